The van der Waals surface area contributed by atoms with Crippen LogP contribution in [0.4, 0.5) is 13.2 Å². The summed E-state index contributed by atoms with van der Waals surface area (Å²) in [5.74, 6) is -1.80. The van der Waals surface area contributed by atoms with Crippen LogP contribution in [0.1, 0.15) is 18.5 Å². The lowest BCUT2D eigenvalue weighted by Crippen LogP contribution is -2.44. The number of aryl methyl sites for hydroxylation is 1. The van der Waals surface area contributed by atoms with Crippen LogP contribution in [0.25, 0.3) is 6.08 Å². The number of alkyl halides is 3. The van der Waals surface area contributed by atoms with Crippen LogP contribution in [-0.2, 0) is 11.8 Å². The van der Waals surface area contributed by atoms with E-state index in [1.54, 1.807) is 30.1 Å². The molecule has 1 atom stereocenters. The van der Waals surface area contributed by atoms with Crippen molar-refractivity contribution in [2.24, 2.45) is 13.0 Å². The summed E-state index contributed by atoms with van der Waals surface area (Å²) < 4.78 is 39.6. The van der Waals surface area contributed by atoms with Gasteiger partial charge < -0.3 is 4.90 Å². The second kappa shape index (κ2) is 5.68. The van der Waals surface area contributed by atoms with Crippen LogP contribution < -0.4 is 0 Å². The molecular formula is C13H16F3N3O. The lowest BCUT2D eigenvalue weighted by molar-refractivity contribution is -0.187. The second-order valence-corrected chi connectivity index (χ2v) is 4.88. The van der Waals surface area contributed by atoms with Gasteiger partial charge in [0.15, 0.2) is 0 Å². The van der Waals surface area contributed by atoms with Crippen molar-refractivity contribution in [2.75, 3.05) is 13.1 Å². The van der Waals surface area contributed by atoms with E-state index in [4.69, 9.17) is 0 Å². The first-order chi connectivity index (χ1) is 9.38. The summed E-state index contributed by atoms with van der Waals surface area (Å²) in [6, 6.07) is 1.72. The van der Waals surface area contributed by atoms with E-state index in [0.29, 0.717) is 13.0 Å². The van der Waals surface area contributed by atoms with Gasteiger partial charge in [0.2, 0.25) is 5.91 Å². The summed E-state index contributed by atoms with van der Waals surface area (Å²) in [4.78, 5) is 13.2. The molecule has 110 valence electrons. The Morgan fingerprint density at radius 1 is 1.50 bits per heavy atom. The smallest absolute Gasteiger partial charge is 0.339 e. The van der Waals surface area contributed by atoms with Gasteiger partial charge in [-0.2, -0.15) is 18.3 Å². The minimum absolute atomic E-state index is 0.0960. The Bertz CT molecular complexity index is 507. The van der Waals surface area contributed by atoms with Crippen molar-refractivity contribution >= 4 is 12.0 Å². The topological polar surface area (TPSA) is 38.1 Å². The third kappa shape index (κ3) is 3.40. The number of aromatic nitrogens is 2. The predicted molar refractivity (Wildman–Crippen MR) is 67.6 cm³/mol. The fourth-order valence-electron chi connectivity index (χ4n) is 2.25. The highest BCUT2D eigenvalue weighted by Gasteiger charge is 2.42. The molecule has 1 saturated heterocycles. The van der Waals surface area contributed by atoms with Gasteiger partial charge in [-0.3, -0.25) is 9.48 Å². The highest BCUT2D eigenvalue weighted by atomic mass is 19.4. The van der Waals surface area contributed by atoms with Gasteiger partial charge in [-0.25, -0.2) is 0 Å². The molecule has 0 bridgehead atoms. The van der Waals surface area contributed by atoms with Gasteiger partial charge in [-0.05, 0) is 25.0 Å². The molecule has 0 aliphatic carbocycles. The van der Waals surface area contributed by atoms with Gasteiger partial charge in [0, 0.05) is 32.4 Å². The van der Waals surface area contributed by atoms with Crippen molar-refractivity contribution < 1.29 is 18.0 Å². The zero-order chi connectivity index (χ0) is 14.8. The summed E-state index contributed by atoms with van der Waals surface area (Å²) in [7, 11) is 1.73. The maximum Gasteiger partial charge on any atom is 0.393 e. The van der Waals surface area contributed by atoms with Crippen molar-refractivity contribution in [3.63, 3.8) is 0 Å². The molecule has 2 heterocycles. The molecule has 0 spiro atoms. The van der Waals surface area contributed by atoms with E-state index in [-0.39, 0.29) is 18.9 Å². The average Bonchev–Trinajstić information content (AvgIpc) is 2.81. The van der Waals surface area contributed by atoms with Gasteiger partial charge in [0.25, 0.3) is 0 Å². The number of piperidine rings is 1. The first kappa shape index (κ1) is 14.6. The molecule has 0 N–H and O–H groups in total. The van der Waals surface area contributed by atoms with Crippen LogP contribution in [0.15, 0.2) is 18.3 Å². The fraction of sp³-hybridized carbons (Fsp3) is 0.538. The Labute approximate surface area is 114 Å². The predicted octanol–water partition coefficient (Wildman–Crippen LogP) is 2.23. The molecule has 2 rings (SSSR count). The molecule has 1 unspecified atom stereocenters. The Morgan fingerprint density at radius 2 is 2.25 bits per heavy atom. The van der Waals surface area contributed by atoms with E-state index in [9.17, 15) is 18.0 Å². The number of carbonyl (C=O) groups is 1. The van der Waals surface area contributed by atoms with Gasteiger partial charge in [-0.1, -0.05) is 0 Å². The molecular weight excluding hydrogens is 271 g/mol. The standard InChI is InChI=1S/C13H16F3N3O/c1-18-11(6-7-17-18)4-5-12(20)19-8-2-3-10(9-19)13(14,15)16/h4-7,10H,2-3,8-9H2,1H3. The molecule has 0 saturated carbocycles. The van der Waals surface area contributed by atoms with E-state index >= 15 is 0 Å². The second-order valence-electron chi connectivity index (χ2n) is 4.88. The SMILES string of the molecule is Cn1nccc1C=CC(=O)N1CCCC(C(F)(F)F)C1. The van der Waals surface area contributed by atoms with Crippen molar-refractivity contribution in [1.29, 1.82) is 0 Å². The number of hydrogen-bond donors (Lipinski definition) is 0. The van der Waals surface area contributed by atoms with Crippen molar-refractivity contribution in [3.05, 3.63) is 24.0 Å². The molecule has 1 aromatic rings. The summed E-state index contributed by atoms with van der Waals surface area (Å²) in [6.45, 7) is 0.124. The van der Waals surface area contributed by atoms with Crippen molar-refractivity contribution in [1.82, 2.24) is 14.7 Å². The highest BCUT2D eigenvalue weighted by Crippen LogP contribution is 2.33. The maximum atomic E-state index is 12.7. The first-order valence-corrected chi connectivity index (χ1v) is 6.39. The number of halogens is 3. The van der Waals surface area contributed by atoms with E-state index in [1.807, 2.05) is 0 Å². The van der Waals surface area contributed by atoms with Crippen LogP contribution >= 0.6 is 0 Å². The molecule has 1 aliphatic heterocycles. The minimum Gasteiger partial charge on any atom is -0.339 e. The van der Waals surface area contributed by atoms with Crippen LogP contribution in [0.2, 0.25) is 0 Å². The average molecular weight is 287 g/mol. The van der Waals surface area contributed by atoms with E-state index < -0.39 is 12.1 Å². The Kier molecular flexibility index (Phi) is 4.15. The van der Waals surface area contributed by atoms with Gasteiger partial charge in [-0.15, -0.1) is 0 Å². The third-order valence-corrected chi connectivity index (χ3v) is 3.45. The largest absolute Gasteiger partial charge is 0.393 e. The summed E-state index contributed by atoms with van der Waals surface area (Å²) in [5, 5.41) is 3.94. The minimum atomic E-state index is -4.23. The lowest BCUT2D eigenvalue weighted by atomic mass is 9.97. The molecule has 0 radical (unpaired) electrons. The quantitative estimate of drug-likeness (QED) is 0.782. The van der Waals surface area contributed by atoms with Gasteiger partial charge in [0.05, 0.1) is 11.6 Å². The number of rotatable bonds is 2. The van der Waals surface area contributed by atoms with Gasteiger partial charge >= 0.3 is 6.18 Å². The van der Waals surface area contributed by atoms with Crippen LogP contribution in [-0.4, -0.2) is 39.9 Å². The first-order valence-electron chi connectivity index (χ1n) is 6.39. The highest BCUT2D eigenvalue weighted by molar-refractivity contribution is 5.91. The third-order valence-electron chi connectivity index (χ3n) is 3.45. The number of nitrogens with zero attached hydrogens (tertiary/aromatic N) is 3. The van der Waals surface area contributed by atoms with E-state index in [1.165, 1.54) is 11.0 Å². The van der Waals surface area contributed by atoms with Crippen LogP contribution in [0.3, 0.4) is 0 Å². The molecule has 1 amide bonds. The molecule has 4 nitrogen and oxygen atoms in total. The van der Waals surface area contributed by atoms with Gasteiger partial charge in [0.1, 0.15) is 0 Å². The fourth-order valence-corrected chi connectivity index (χ4v) is 2.25. The maximum absolute atomic E-state index is 12.7. The molecule has 1 aromatic heterocycles. The number of amides is 1. The zero-order valence-corrected chi connectivity index (χ0v) is 11.1. The molecule has 0 aromatic carbocycles. The number of likely N-dealkylation sites (tertiary alicyclic amines) is 1. The van der Waals surface area contributed by atoms with Crippen molar-refractivity contribution in [3.8, 4) is 0 Å². The van der Waals surface area contributed by atoms with Crippen LogP contribution in [0.5, 0.6) is 0 Å². The zero-order valence-electron chi connectivity index (χ0n) is 11.1. The van der Waals surface area contributed by atoms with Crippen molar-refractivity contribution in [2.45, 2.75) is 19.0 Å². The Morgan fingerprint density at radius 3 is 2.85 bits per heavy atom. The van der Waals surface area contributed by atoms with E-state index in [2.05, 4.69) is 5.10 Å². The summed E-state index contributed by atoms with van der Waals surface area (Å²) in [5.41, 5.74) is 0.725. The number of hydrogen-bond acceptors (Lipinski definition) is 2. The Balaban J connectivity index is 1.99. The number of carbonyl (C=O) groups excluding carboxylic acids is 1. The summed E-state index contributed by atoms with van der Waals surface area (Å²) >= 11 is 0. The Hall–Kier alpha value is -1.79. The van der Waals surface area contributed by atoms with Crippen LogP contribution in [0, 0.1) is 5.92 Å². The monoisotopic (exact) mass is 287 g/mol. The summed E-state index contributed by atoms with van der Waals surface area (Å²) in [6.07, 6.45) is 0.700. The lowest BCUT2D eigenvalue weighted by Gasteiger charge is -2.33. The molecule has 7 heteroatoms. The molecule has 20 heavy (non-hydrogen) atoms. The molecule has 1 aliphatic rings. The molecule has 1 fully saturated rings. The van der Waals surface area contributed by atoms with E-state index in [0.717, 1.165) is 5.69 Å². The normalized spacial score (nSPS) is 20.6.